The van der Waals surface area contributed by atoms with Gasteiger partial charge in [0.05, 0.1) is 0 Å². The predicted molar refractivity (Wildman–Crippen MR) is 51.4 cm³/mol. The first kappa shape index (κ1) is 7.38. The van der Waals surface area contributed by atoms with Gasteiger partial charge in [0.15, 0.2) is 5.76 Å². The second kappa shape index (κ2) is 2.48. The van der Waals surface area contributed by atoms with Crippen LogP contribution in [0.15, 0.2) is 50.2 Å². The summed E-state index contributed by atoms with van der Waals surface area (Å²) in [4.78, 5) is 11.0. The summed E-state index contributed by atoms with van der Waals surface area (Å²) >= 11 is 0. The molecule has 0 bridgehead atoms. The van der Waals surface area contributed by atoms with E-state index in [-0.39, 0.29) is 5.63 Å². The van der Waals surface area contributed by atoms with Gasteiger partial charge in [-0.25, -0.2) is 4.79 Å². The van der Waals surface area contributed by atoms with Crippen LogP contribution in [0.4, 0.5) is 0 Å². The Kier molecular flexibility index (Phi) is 1.31. The zero-order chi connectivity index (χ0) is 9.54. The molecule has 0 saturated carbocycles. The molecule has 3 heteroatoms. The normalized spacial score (nSPS) is 11.1. The van der Waals surface area contributed by atoms with Crippen LogP contribution < -0.4 is 5.63 Å². The lowest BCUT2D eigenvalue weighted by molar-refractivity contribution is 0.513. The summed E-state index contributed by atoms with van der Waals surface area (Å²) in [7, 11) is 0. The minimum atomic E-state index is -0.341. The van der Waals surface area contributed by atoms with E-state index in [9.17, 15) is 4.79 Å². The van der Waals surface area contributed by atoms with E-state index >= 15 is 0 Å². The summed E-state index contributed by atoms with van der Waals surface area (Å²) < 4.78 is 10.2. The third-order valence-electron chi connectivity index (χ3n) is 2.21. The lowest BCUT2D eigenvalue weighted by Crippen LogP contribution is -1.83. The van der Waals surface area contributed by atoms with Crippen molar-refractivity contribution in [2.75, 3.05) is 0 Å². The molecule has 1 aromatic rings. The SMILES string of the molecule is O=c1cc2c3ccccc3occ-2o1. The molecule has 0 fully saturated rings. The minimum Gasteiger partial charge on any atom is -0.460 e. The number of fused-ring (bicyclic) bond motifs is 3. The first-order valence-electron chi connectivity index (χ1n) is 4.25. The number of para-hydroxylation sites is 1. The van der Waals surface area contributed by atoms with Crippen molar-refractivity contribution in [2.24, 2.45) is 0 Å². The van der Waals surface area contributed by atoms with Gasteiger partial charge >= 0.3 is 5.63 Å². The Morgan fingerprint density at radius 3 is 2.93 bits per heavy atom. The summed E-state index contributed by atoms with van der Waals surface area (Å²) in [5.74, 6) is 0.494. The minimum absolute atomic E-state index is 0.341. The summed E-state index contributed by atoms with van der Waals surface area (Å²) in [5.41, 5.74) is 1.21. The Morgan fingerprint density at radius 1 is 1.14 bits per heavy atom. The molecule has 0 radical (unpaired) electrons. The lowest BCUT2D eigenvalue weighted by Gasteiger charge is -2.00. The van der Waals surface area contributed by atoms with Gasteiger partial charge in [0.1, 0.15) is 11.8 Å². The van der Waals surface area contributed by atoms with Crippen molar-refractivity contribution in [1.29, 1.82) is 0 Å². The van der Waals surface area contributed by atoms with Crippen molar-refractivity contribution < 1.29 is 8.83 Å². The number of furan rings is 1. The highest BCUT2D eigenvalue weighted by atomic mass is 16.4. The third kappa shape index (κ3) is 0.893. The molecule has 2 heterocycles. The molecule has 14 heavy (non-hydrogen) atoms. The lowest BCUT2D eigenvalue weighted by atomic mass is 10.1. The molecule has 1 aromatic carbocycles. The molecule has 0 unspecified atom stereocenters. The maximum atomic E-state index is 11.0. The molecule has 0 saturated heterocycles. The standard InChI is InChI=1S/C11H6O3/c12-11-5-8-7-3-1-2-4-9(7)13-6-10(8)14-11/h1-6H. The topological polar surface area (TPSA) is 43.4 Å². The van der Waals surface area contributed by atoms with Crippen LogP contribution in [0, 0.1) is 0 Å². The van der Waals surface area contributed by atoms with Crippen LogP contribution in [0.1, 0.15) is 0 Å². The molecule has 0 atom stereocenters. The zero-order valence-electron chi connectivity index (χ0n) is 7.19. The van der Waals surface area contributed by atoms with Crippen LogP contribution in [-0.2, 0) is 0 Å². The molecule has 2 aliphatic heterocycles. The molecule has 0 amide bonds. The second-order valence-corrected chi connectivity index (χ2v) is 3.08. The molecule has 3 rings (SSSR count). The Balaban J connectivity index is 2.59. The van der Waals surface area contributed by atoms with Crippen LogP contribution in [0.2, 0.25) is 0 Å². The van der Waals surface area contributed by atoms with Gasteiger partial charge in [-0.05, 0) is 6.07 Å². The van der Waals surface area contributed by atoms with E-state index in [4.69, 9.17) is 8.83 Å². The van der Waals surface area contributed by atoms with E-state index in [1.54, 1.807) is 0 Å². The molecule has 0 N–H and O–H groups in total. The monoisotopic (exact) mass is 186 g/mol. The number of hydrogen-bond donors (Lipinski definition) is 0. The van der Waals surface area contributed by atoms with Crippen LogP contribution in [0.3, 0.4) is 0 Å². The highest BCUT2D eigenvalue weighted by molar-refractivity contribution is 5.92. The highest BCUT2D eigenvalue weighted by Gasteiger charge is 2.12. The van der Waals surface area contributed by atoms with Crippen molar-refractivity contribution in [3.8, 4) is 11.3 Å². The van der Waals surface area contributed by atoms with Crippen molar-refractivity contribution in [3.63, 3.8) is 0 Å². The number of rotatable bonds is 0. The van der Waals surface area contributed by atoms with E-state index in [1.807, 2.05) is 24.3 Å². The largest absolute Gasteiger partial charge is 0.460 e. The summed E-state index contributed by atoms with van der Waals surface area (Å²) in [6.45, 7) is 0. The summed E-state index contributed by atoms with van der Waals surface area (Å²) in [6, 6.07) is 9.01. The quantitative estimate of drug-likeness (QED) is 0.541. The highest BCUT2D eigenvalue weighted by Crippen LogP contribution is 2.29. The number of hydrogen-bond acceptors (Lipinski definition) is 3. The van der Waals surface area contributed by atoms with E-state index in [0.29, 0.717) is 5.76 Å². The molecular weight excluding hydrogens is 180 g/mol. The average Bonchev–Trinajstić information content (AvgIpc) is 2.59. The summed E-state index contributed by atoms with van der Waals surface area (Å²) in [6.07, 6.45) is 1.46. The molecule has 3 nitrogen and oxygen atoms in total. The van der Waals surface area contributed by atoms with Gasteiger partial charge in [-0.1, -0.05) is 18.2 Å². The fourth-order valence-electron chi connectivity index (χ4n) is 1.59. The molecular formula is C11H6O3. The van der Waals surface area contributed by atoms with Crippen molar-refractivity contribution in [2.45, 2.75) is 0 Å². The predicted octanol–water partition coefficient (Wildman–Crippen LogP) is 2.49. The Labute approximate surface area is 78.9 Å². The van der Waals surface area contributed by atoms with Gasteiger partial charge < -0.3 is 8.83 Å². The van der Waals surface area contributed by atoms with Crippen LogP contribution >= 0.6 is 0 Å². The first-order chi connectivity index (χ1) is 6.84. The van der Waals surface area contributed by atoms with Crippen LogP contribution in [-0.4, -0.2) is 0 Å². The molecule has 68 valence electrons. The van der Waals surface area contributed by atoms with E-state index in [1.165, 1.54) is 12.3 Å². The van der Waals surface area contributed by atoms with E-state index in [0.717, 1.165) is 16.5 Å². The molecule has 0 aromatic heterocycles. The maximum absolute atomic E-state index is 11.0. The third-order valence-corrected chi connectivity index (χ3v) is 2.21. The van der Waals surface area contributed by atoms with Gasteiger partial charge in [-0.3, -0.25) is 0 Å². The molecule has 0 aliphatic carbocycles. The van der Waals surface area contributed by atoms with E-state index < -0.39 is 0 Å². The maximum Gasteiger partial charge on any atom is 0.337 e. The van der Waals surface area contributed by atoms with Gasteiger partial charge in [0.25, 0.3) is 0 Å². The van der Waals surface area contributed by atoms with Gasteiger partial charge in [0, 0.05) is 17.0 Å². The van der Waals surface area contributed by atoms with Gasteiger partial charge in [-0.2, -0.15) is 0 Å². The fraction of sp³-hybridized carbons (Fsp3) is 0. The molecule has 0 spiro atoms. The Hall–Kier alpha value is -2.03. The van der Waals surface area contributed by atoms with Crippen molar-refractivity contribution in [3.05, 3.63) is 47.0 Å². The Bertz CT molecular complexity index is 618. The fourth-order valence-corrected chi connectivity index (χ4v) is 1.59. The Morgan fingerprint density at radius 2 is 2.00 bits per heavy atom. The zero-order valence-corrected chi connectivity index (χ0v) is 7.19. The first-order valence-corrected chi connectivity index (χ1v) is 4.25. The number of benzene rings is 1. The van der Waals surface area contributed by atoms with E-state index in [2.05, 4.69) is 0 Å². The second-order valence-electron chi connectivity index (χ2n) is 3.08. The van der Waals surface area contributed by atoms with Crippen molar-refractivity contribution >= 4 is 11.0 Å². The van der Waals surface area contributed by atoms with Crippen LogP contribution in [0.25, 0.3) is 22.3 Å². The smallest absolute Gasteiger partial charge is 0.337 e. The summed E-state index contributed by atoms with van der Waals surface area (Å²) in [5, 5.41) is 0.899. The average molecular weight is 186 g/mol. The molecule has 2 aliphatic rings. The van der Waals surface area contributed by atoms with Crippen LogP contribution in [0.5, 0.6) is 0 Å². The van der Waals surface area contributed by atoms with Gasteiger partial charge in [-0.15, -0.1) is 0 Å². The van der Waals surface area contributed by atoms with Gasteiger partial charge in [0.2, 0.25) is 0 Å². The van der Waals surface area contributed by atoms with Crippen molar-refractivity contribution in [1.82, 2.24) is 0 Å².